The van der Waals surface area contributed by atoms with Gasteiger partial charge in [-0.2, -0.15) is 0 Å². The molecule has 1 aromatic rings. The minimum atomic E-state index is 0.182. The van der Waals surface area contributed by atoms with Crippen molar-refractivity contribution in [3.8, 4) is 0 Å². The third-order valence-electron chi connectivity index (χ3n) is 1.39. The van der Waals surface area contributed by atoms with E-state index in [9.17, 15) is 0 Å². The molecule has 1 radical (unpaired) electrons. The van der Waals surface area contributed by atoms with Crippen LogP contribution in [0.4, 0.5) is 0 Å². The van der Waals surface area contributed by atoms with Gasteiger partial charge in [-0.1, -0.05) is 25.6 Å². The van der Waals surface area contributed by atoms with Crippen LogP contribution in [0.25, 0.3) is 0 Å². The number of nitrogens with zero attached hydrogens (tertiary/aromatic N) is 1. The van der Waals surface area contributed by atoms with Crippen molar-refractivity contribution in [2.75, 3.05) is 0 Å². The van der Waals surface area contributed by atoms with Crippen LogP contribution in [0.1, 0.15) is 24.3 Å². The van der Waals surface area contributed by atoms with E-state index < -0.39 is 0 Å². The molecule has 1 heterocycles. The summed E-state index contributed by atoms with van der Waals surface area (Å²) in [6.45, 7) is 2.08. The SMILES string of the molecule is CCC([S])c1ccccn1. The largest absolute Gasteiger partial charge is 0.260 e. The van der Waals surface area contributed by atoms with Gasteiger partial charge in [0.1, 0.15) is 0 Å². The summed E-state index contributed by atoms with van der Waals surface area (Å²) < 4.78 is 0. The van der Waals surface area contributed by atoms with Gasteiger partial charge in [-0.3, -0.25) is 4.98 Å². The van der Waals surface area contributed by atoms with E-state index in [4.69, 9.17) is 12.6 Å². The molecule has 0 fully saturated rings. The lowest BCUT2D eigenvalue weighted by Crippen LogP contribution is -1.90. The quantitative estimate of drug-likeness (QED) is 0.635. The molecular weight excluding hydrogens is 142 g/mol. The van der Waals surface area contributed by atoms with Gasteiger partial charge in [0.2, 0.25) is 0 Å². The van der Waals surface area contributed by atoms with Crippen LogP contribution in [0.5, 0.6) is 0 Å². The van der Waals surface area contributed by atoms with Crippen molar-refractivity contribution in [3.63, 3.8) is 0 Å². The second-order valence-electron chi connectivity index (χ2n) is 2.15. The lowest BCUT2D eigenvalue weighted by Gasteiger charge is -2.03. The normalized spacial score (nSPS) is 13.0. The fourth-order valence-corrected chi connectivity index (χ4v) is 0.915. The first kappa shape index (κ1) is 7.61. The number of pyridine rings is 1. The second-order valence-corrected chi connectivity index (χ2v) is 2.72. The summed E-state index contributed by atoms with van der Waals surface area (Å²) in [6, 6.07) is 5.85. The molecule has 0 bridgehead atoms. The standard InChI is InChI=1S/C8H10NS/c1-2-8(10)7-5-3-4-6-9-7/h3-6,8H,2H2,1H3. The maximum Gasteiger partial charge on any atom is 0.0571 e. The van der Waals surface area contributed by atoms with Crippen molar-refractivity contribution in [2.24, 2.45) is 0 Å². The number of hydrogen-bond donors (Lipinski definition) is 0. The van der Waals surface area contributed by atoms with Gasteiger partial charge < -0.3 is 0 Å². The van der Waals surface area contributed by atoms with Gasteiger partial charge in [0, 0.05) is 6.20 Å². The van der Waals surface area contributed by atoms with E-state index in [1.807, 2.05) is 18.2 Å². The minimum absolute atomic E-state index is 0.182. The van der Waals surface area contributed by atoms with Gasteiger partial charge in [0.25, 0.3) is 0 Å². The molecule has 0 saturated carbocycles. The van der Waals surface area contributed by atoms with E-state index in [0.717, 1.165) is 12.1 Å². The highest BCUT2D eigenvalue weighted by molar-refractivity contribution is 7.80. The summed E-state index contributed by atoms with van der Waals surface area (Å²) in [7, 11) is 0. The van der Waals surface area contributed by atoms with Gasteiger partial charge in [-0.05, 0) is 18.6 Å². The van der Waals surface area contributed by atoms with E-state index in [1.165, 1.54) is 0 Å². The van der Waals surface area contributed by atoms with Gasteiger partial charge in [0.05, 0.1) is 10.9 Å². The number of hydrogen-bond acceptors (Lipinski definition) is 1. The van der Waals surface area contributed by atoms with Crippen LogP contribution in [0, 0.1) is 0 Å². The zero-order chi connectivity index (χ0) is 7.40. The highest BCUT2D eigenvalue weighted by Crippen LogP contribution is 2.19. The molecule has 0 amide bonds. The van der Waals surface area contributed by atoms with E-state index >= 15 is 0 Å². The van der Waals surface area contributed by atoms with E-state index in [-0.39, 0.29) is 5.25 Å². The zero-order valence-corrected chi connectivity index (χ0v) is 6.77. The minimum Gasteiger partial charge on any atom is -0.260 e. The van der Waals surface area contributed by atoms with Gasteiger partial charge in [0.15, 0.2) is 0 Å². The predicted molar refractivity (Wildman–Crippen MR) is 44.9 cm³/mol. The van der Waals surface area contributed by atoms with E-state index in [1.54, 1.807) is 6.20 Å². The van der Waals surface area contributed by atoms with Gasteiger partial charge in [-0.25, -0.2) is 0 Å². The third kappa shape index (κ3) is 1.74. The van der Waals surface area contributed by atoms with Crippen molar-refractivity contribution in [1.82, 2.24) is 4.98 Å². The molecular formula is C8H10NS. The molecule has 53 valence electrons. The lowest BCUT2D eigenvalue weighted by molar-refractivity contribution is 0.865. The molecule has 1 atom stereocenters. The first-order valence-corrected chi connectivity index (χ1v) is 3.88. The molecule has 0 aliphatic rings. The molecule has 1 nitrogen and oxygen atoms in total. The molecule has 0 aliphatic heterocycles. The summed E-state index contributed by atoms with van der Waals surface area (Å²) in [5.74, 6) is 0. The van der Waals surface area contributed by atoms with E-state index in [2.05, 4.69) is 11.9 Å². The second kappa shape index (κ2) is 3.62. The van der Waals surface area contributed by atoms with Crippen LogP contribution in [-0.4, -0.2) is 4.98 Å². The summed E-state index contributed by atoms with van der Waals surface area (Å²) in [5.41, 5.74) is 1.01. The Morgan fingerprint density at radius 1 is 1.60 bits per heavy atom. The summed E-state index contributed by atoms with van der Waals surface area (Å²) in [4.78, 5) is 4.15. The maximum atomic E-state index is 5.14. The van der Waals surface area contributed by atoms with Crippen LogP contribution in [0.2, 0.25) is 0 Å². The van der Waals surface area contributed by atoms with Crippen molar-refractivity contribution < 1.29 is 0 Å². The Balaban J connectivity index is 2.75. The van der Waals surface area contributed by atoms with E-state index in [0.29, 0.717) is 0 Å². The molecule has 0 N–H and O–H groups in total. The molecule has 0 aromatic carbocycles. The lowest BCUT2D eigenvalue weighted by atomic mass is 10.2. The molecule has 1 unspecified atom stereocenters. The third-order valence-corrected chi connectivity index (χ3v) is 1.96. The van der Waals surface area contributed by atoms with Crippen LogP contribution in [-0.2, 0) is 0 Å². The predicted octanol–water partition coefficient (Wildman–Crippen LogP) is 2.73. The molecule has 1 aromatic heterocycles. The van der Waals surface area contributed by atoms with Gasteiger partial charge >= 0.3 is 0 Å². The van der Waals surface area contributed by atoms with Crippen LogP contribution < -0.4 is 0 Å². The fraction of sp³-hybridized carbons (Fsp3) is 0.375. The molecule has 2 heteroatoms. The Labute approximate surface area is 66.9 Å². The highest BCUT2D eigenvalue weighted by atomic mass is 32.1. The first-order chi connectivity index (χ1) is 4.84. The Morgan fingerprint density at radius 2 is 2.40 bits per heavy atom. The summed E-state index contributed by atoms with van der Waals surface area (Å²) in [6.07, 6.45) is 2.76. The summed E-state index contributed by atoms with van der Waals surface area (Å²) >= 11 is 5.14. The number of rotatable bonds is 2. The maximum absolute atomic E-state index is 5.14. The zero-order valence-electron chi connectivity index (χ0n) is 5.95. The average Bonchev–Trinajstić information content (AvgIpc) is 2.05. The Bertz CT molecular complexity index is 186. The van der Waals surface area contributed by atoms with Crippen LogP contribution in [0.3, 0.4) is 0 Å². The Hall–Kier alpha value is -0.500. The Kier molecular flexibility index (Phi) is 2.75. The van der Waals surface area contributed by atoms with Crippen LogP contribution >= 0.6 is 12.6 Å². The van der Waals surface area contributed by atoms with Crippen molar-refractivity contribution in [2.45, 2.75) is 18.6 Å². The van der Waals surface area contributed by atoms with Crippen molar-refractivity contribution >= 4 is 12.6 Å². The van der Waals surface area contributed by atoms with Crippen molar-refractivity contribution in [1.29, 1.82) is 0 Å². The smallest absolute Gasteiger partial charge is 0.0571 e. The first-order valence-electron chi connectivity index (χ1n) is 3.41. The molecule has 10 heavy (non-hydrogen) atoms. The summed E-state index contributed by atoms with van der Waals surface area (Å²) in [5, 5.41) is 0.182. The topological polar surface area (TPSA) is 12.9 Å². The monoisotopic (exact) mass is 152 g/mol. The molecule has 1 rings (SSSR count). The molecule has 0 aliphatic carbocycles. The number of aromatic nitrogens is 1. The fourth-order valence-electron chi connectivity index (χ4n) is 0.776. The highest BCUT2D eigenvalue weighted by Gasteiger charge is 2.02. The van der Waals surface area contributed by atoms with Crippen LogP contribution in [0.15, 0.2) is 24.4 Å². The van der Waals surface area contributed by atoms with Crippen molar-refractivity contribution in [3.05, 3.63) is 30.1 Å². The molecule has 0 saturated heterocycles. The Morgan fingerprint density at radius 3 is 2.90 bits per heavy atom. The average molecular weight is 152 g/mol. The van der Waals surface area contributed by atoms with Gasteiger partial charge in [-0.15, -0.1) is 0 Å². The molecule has 0 spiro atoms.